The Bertz CT molecular complexity index is 972. The minimum atomic E-state index is -0.295. The van der Waals surface area contributed by atoms with Crippen molar-refractivity contribution >= 4 is 12.1 Å². The molecule has 0 spiro atoms. The van der Waals surface area contributed by atoms with Crippen LogP contribution in [0.4, 0.5) is 0 Å². The van der Waals surface area contributed by atoms with Crippen LogP contribution in [-0.4, -0.2) is 23.9 Å². The van der Waals surface area contributed by atoms with E-state index in [4.69, 9.17) is 14.2 Å². The summed E-state index contributed by atoms with van der Waals surface area (Å²) in [6.07, 6.45) is 4.67. The predicted molar refractivity (Wildman–Crippen MR) is 98.4 cm³/mol. The van der Waals surface area contributed by atoms with Gasteiger partial charge in [0.15, 0.2) is 11.5 Å². The van der Waals surface area contributed by atoms with Gasteiger partial charge in [0.2, 0.25) is 6.79 Å². The van der Waals surface area contributed by atoms with Gasteiger partial charge in [0.1, 0.15) is 11.5 Å². The van der Waals surface area contributed by atoms with Crippen molar-refractivity contribution in [3.05, 3.63) is 78.1 Å². The van der Waals surface area contributed by atoms with Crippen molar-refractivity contribution in [1.82, 2.24) is 10.4 Å². The fraction of sp³-hybridized carbons (Fsp3) is 0.0500. The first-order valence-electron chi connectivity index (χ1n) is 8.19. The molecule has 0 fully saturated rings. The predicted octanol–water partition coefficient (Wildman–Crippen LogP) is 3.37. The zero-order valence-corrected chi connectivity index (χ0v) is 14.2. The lowest BCUT2D eigenvalue weighted by atomic mass is 10.2. The molecule has 4 rings (SSSR count). The molecule has 0 saturated carbocycles. The second-order valence-corrected chi connectivity index (χ2v) is 5.62. The van der Waals surface area contributed by atoms with Crippen LogP contribution in [-0.2, 0) is 0 Å². The number of pyridine rings is 1. The second-order valence-electron chi connectivity index (χ2n) is 5.62. The fourth-order valence-electron chi connectivity index (χ4n) is 2.43. The Hall–Kier alpha value is -3.87. The Morgan fingerprint density at radius 2 is 1.74 bits per heavy atom. The van der Waals surface area contributed by atoms with Crippen LogP contribution in [0.15, 0.2) is 72.1 Å². The van der Waals surface area contributed by atoms with E-state index in [2.05, 4.69) is 15.5 Å². The highest BCUT2D eigenvalue weighted by Crippen LogP contribution is 2.36. The zero-order valence-electron chi connectivity index (χ0n) is 14.2. The largest absolute Gasteiger partial charge is 0.457 e. The Kier molecular flexibility index (Phi) is 4.65. The highest BCUT2D eigenvalue weighted by Gasteiger charge is 2.13. The van der Waals surface area contributed by atoms with Crippen LogP contribution in [0.3, 0.4) is 0 Å². The standard InChI is InChI=1S/C20H15N3O4/c24-20(15-7-9-21-10-8-15)23-22-12-14-1-3-16(4-2-14)27-17-5-6-18-19(11-17)26-13-25-18/h1-12H,13H2,(H,23,24)/b22-12+. The number of aromatic nitrogens is 1. The molecule has 0 saturated heterocycles. The first kappa shape index (κ1) is 16.6. The molecule has 0 bridgehead atoms. The monoisotopic (exact) mass is 361 g/mol. The summed E-state index contributed by atoms with van der Waals surface area (Å²) < 4.78 is 16.4. The van der Waals surface area contributed by atoms with Crippen molar-refractivity contribution in [2.24, 2.45) is 5.10 Å². The highest BCUT2D eigenvalue weighted by molar-refractivity contribution is 5.94. The van der Waals surface area contributed by atoms with Gasteiger partial charge < -0.3 is 14.2 Å². The molecule has 2 aromatic carbocycles. The summed E-state index contributed by atoms with van der Waals surface area (Å²) in [6, 6.07) is 16.0. The van der Waals surface area contributed by atoms with E-state index in [1.807, 2.05) is 36.4 Å². The third-order valence-electron chi connectivity index (χ3n) is 3.78. The molecule has 3 aromatic rings. The summed E-state index contributed by atoms with van der Waals surface area (Å²) in [6.45, 7) is 0.227. The number of carbonyl (C=O) groups excluding carboxylic acids is 1. The topological polar surface area (TPSA) is 82.0 Å². The van der Waals surface area contributed by atoms with E-state index in [1.165, 1.54) is 0 Å². The quantitative estimate of drug-likeness (QED) is 0.557. The zero-order chi connectivity index (χ0) is 18.5. The van der Waals surface area contributed by atoms with Gasteiger partial charge in [-0.1, -0.05) is 0 Å². The molecule has 2 heterocycles. The van der Waals surface area contributed by atoms with Crippen molar-refractivity contribution in [3.63, 3.8) is 0 Å². The van der Waals surface area contributed by atoms with Crippen molar-refractivity contribution in [3.8, 4) is 23.0 Å². The van der Waals surface area contributed by atoms with E-state index in [0.717, 1.165) is 5.56 Å². The highest BCUT2D eigenvalue weighted by atomic mass is 16.7. The fourth-order valence-corrected chi connectivity index (χ4v) is 2.43. The Balaban J connectivity index is 1.35. The number of carbonyl (C=O) groups is 1. The van der Waals surface area contributed by atoms with Gasteiger partial charge in [0.05, 0.1) is 6.21 Å². The van der Waals surface area contributed by atoms with E-state index in [1.54, 1.807) is 36.8 Å². The molecule has 0 radical (unpaired) electrons. The van der Waals surface area contributed by atoms with Gasteiger partial charge in [-0.2, -0.15) is 5.10 Å². The lowest BCUT2D eigenvalue weighted by molar-refractivity contribution is 0.0955. The molecular weight excluding hydrogens is 346 g/mol. The Morgan fingerprint density at radius 1 is 1.00 bits per heavy atom. The SMILES string of the molecule is O=C(N/N=C/c1ccc(Oc2ccc3c(c2)OCO3)cc1)c1ccncc1. The van der Waals surface area contributed by atoms with Crippen molar-refractivity contribution in [2.75, 3.05) is 6.79 Å². The molecule has 1 N–H and O–H groups in total. The maximum absolute atomic E-state index is 11.9. The molecule has 1 aromatic heterocycles. The first-order chi connectivity index (χ1) is 13.3. The minimum absolute atomic E-state index is 0.227. The molecule has 1 amide bonds. The normalized spacial score (nSPS) is 12.1. The van der Waals surface area contributed by atoms with Gasteiger partial charge in [0.25, 0.3) is 5.91 Å². The number of rotatable bonds is 5. The van der Waals surface area contributed by atoms with Gasteiger partial charge in [-0.15, -0.1) is 0 Å². The van der Waals surface area contributed by atoms with E-state index >= 15 is 0 Å². The molecule has 1 aliphatic heterocycles. The van der Waals surface area contributed by atoms with Gasteiger partial charge in [-0.25, -0.2) is 5.43 Å². The van der Waals surface area contributed by atoms with Gasteiger partial charge in [-0.05, 0) is 54.1 Å². The maximum atomic E-state index is 11.9. The van der Waals surface area contributed by atoms with Crippen molar-refractivity contribution in [2.45, 2.75) is 0 Å². The number of nitrogens with zero attached hydrogens (tertiary/aromatic N) is 2. The third kappa shape index (κ3) is 4.04. The number of nitrogens with one attached hydrogen (secondary N) is 1. The average molecular weight is 361 g/mol. The van der Waals surface area contributed by atoms with Crippen LogP contribution in [0.5, 0.6) is 23.0 Å². The molecule has 7 nitrogen and oxygen atoms in total. The van der Waals surface area contributed by atoms with E-state index < -0.39 is 0 Å². The van der Waals surface area contributed by atoms with Crippen LogP contribution in [0.1, 0.15) is 15.9 Å². The summed E-state index contributed by atoms with van der Waals surface area (Å²) in [4.78, 5) is 15.7. The summed E-state index contributed by atoms with van der Waals surface area (Å²) in [5, 5.41) is 3.95. The third-order valence-corrected chi connectivity index (χ3v) is 3.78. The first-order valence-corrected chi connectivity index (χ1v) is 8.19. The van der Waals surface area contributed by atoms with Gasteiger partial charge in [0, 0.05) is 24.0 Å². The number of ether oxygens (including phenoxy) is 3. The number of benzene rings is 2. The van der Waals surface area contributed by atoms with E-state index in [9.17, 15) is 4.79 Å². The van der Waals surface area contributed by atoms with E-state index in [0.29, 0.717) is 28.6 Å². The van der Waals surface area contributed by atoms with Crippen LogP contribution >= 0.6 is 0 Å². The maximum Gasteiger partial charge on any atom is 0.271 e. The van der Waals surface area contributed by atoms with Crippen LogP contribution in [0, 0.1) is 0 Å². The summed E-state index contributed by atoms with van der Waals surface area (Å²) in [7, 11) is 0. The average Bonchev–Trinajstić information content (AvgIpc) is 3.18. The lowest BCUT2D eigenvalue weighted by Gasteiger charge is -2.06. The summed E-state index contributed by atoms with van der Waals surface area (Å²) in [5.41, 5.74) is 3.79. The molecule has 1 aliphatic rings. The smallest absolute Gasteiger partial charge is 0.271 e. The molecule has 7 heteroatoms. The number of amides is 1. The minimum Gasteiger partial charge on any atom is -0.457 e. The second kappa shape index (κ2) is 7.57. The van der Waals surface area contributed by atoms with Gasteiger partial charge >= 0.3 is 0 Å². The molecular formula is C20H15N3O4. The van der Waals surface area contributed by atoms with Crippen LogP contribution < -0.4 is 19.6 Å². The molecule has 134 valence electrons. The van der Waals surface area contributed by atoms with Crippen LogP contribution in [0.25, 0.3) is 0 Å². The molecule has 27 heavy (non-hydrogen) atoms. The molecule has 0 atom stereocenters. The van der Waals surface area contributed by atoms with Gasteiger partial charge in [-0.3, -0.25) is 9.78 Å². The summed E-state index contributed by atoms with van der Waals surface area (Å²) >= 11 is 0. The number of hydrogen-bond donors (Lipinski definition) is 1. The molecule has 0 unspecified atom stereocenters. The summed E-state index contributed by atoms with van der Waals surface area (Å²) in [5.74, 6) is 2.41. The van der Waals surface area contributed by atoms with E-state index in [-0.39, 0.29) is 12.7 Å². The molecule has 0 aliphatic carbocycles. The Morgan fingerprint density at radius 3 is 2.56 bits per heavy atom. The Labute approximate surface area is 155 Å². The number of hydrazone groups is 1. The van der Waals surface area contributed by atoms with Crippen LogP contribution in [0.2, 0.25) is 0 Å². The lowest BCUT2D eigenvalue weighted by Crippen LogP contribution is -2.17. The number of fused-ring (bicyclic) bond motifs is 1. The number of hydrogen-bond acceptors (Lipinski definition) is 6. The van der Waals surface area contributed by atoms with Crippen molar-refractivity contribution < 1.29 is 19.0 Å². The van der Waals surface area contributed by atoms with Crippen molar-refractivity contribution in [1.29, 1.82) is 0 Å².